The zero-order valence-corrected chi connectivity index (χ0v) is 10.7. The molecular weight excluding hydrogens is 276 g/mol. The molecule has 1 aliphatic heterocycles. The molecule has 0 unspecified atom stereocenters. The molecule has 8 heteroatoms. The summed E-state index contributed by atoms with van der Waals surface area (Å²) in [5.74, 6) is 2.32. The van der Waals surface area contributed by atoms with E-state index in [2.05, 4.69) is 15.2 Å². The Morgan fingerprint density at radius 3 is 2.89 bits per heavy atom. The Balaban J connectivity index is 1.76. The fourth-order valence-electron chi connectivity index (χ4n) is 1.53. The van der Waals surface area contributed by atoms with Crippen molar-refractivity contribution in [3.8, 4) is 11.5 Å². The molecule has 0 saturated carbocycles. The number of thioether (sulfide) groups is 1. The van der Waals surface area contributed by atoms with Crippen LogP contribution in [0, 0.1) is 0 Å². The first-order chi connectivity index (χ1) is 8.72. The van der Waals surface area contributed by atoms with Gasteiger partial charge in [-0.25, -0.2) is 5.10 Å². The van der Waals surface area contributed by atoms with Crippen molar-refractivity contribution < 1.29 is 9.47 Å². The van der Waals surface area contributed by atoms with E-state index in [9.17, 15) is 0 Å². The minimum Gasteiger partial charge on any atom is -0.454 e. The van der Waals surface area contributed by atoms with Gasteiger partial charge in [-0.1, -0.05) is 23.4 Å². The largest absolute Gasteiger partial charge is 0.454 e. The van der Waals surface area contributed by atoms with Gasteiger partial charge in [0.05, 0.1) is 0 Å². The van der Waals surface area contributed by atoms with Crippen molar-refractivity contribution >= 4 is 29.3 Å². The van der Waals surface area contributed by atoms with Crippen LogP contribution in [0.4, 0.5) is 5.95 Å². The van der Waals surface area contributed by atoms with Crippen molar-refractivity contribution in [2.75, 3.05) is 12.5 Å². The maximum absolute atomic E-state index is 6.16. The number of anilines is 1. The summed E-state index contributed by atoms with van der Waals surface area (Å²) in [6.45, 7) is 0.236. The number of nitrogens with zero attached hydrogens (tertiary/aromatic N) is 2. The molecule has 18 heavy (non-hydrogen) atoms. The lowest BCUT2D eigenvalue weighted by atomic mass is 10.2. The number of nitrogen functional groups attached to an aromatic ring is 1. The van der Waals surface area contributed by atoms with E-state index in [0.717, 1.165) is 5.56 Å². The second-order valence-corrected chi connectivity index (χ2v) is 4.94. The molecule has 0 aliphatic carbocycles. The minimum atomic E-state index is 0.236. The maximum atomic E-state index is 6.16. The first-order valence-electron chi connectivity index (χ1n) is 5.11. The predicted molar refractivity (Wildman–Crippen MR) is 67.9 cm³/mol. The van der Waals surface area contributed by atoms with Crippen LogP contribution in [0.3, 0.4) is 0 Å². The molecular formula is C10H9ClN4O2S. The van der Waals surface area contributed by atoms with Gasteiger partial charge in [0, 0.05) is 16.8 Å². The van der Waals surface area contributed by atoms with E-state index in [4.69, 9.17) is 26.8 Å². The fraction of sp³-hybridized carbons (Fsp3) is 0.200. The molecule has 2 aromatic rings. The lowest BCUT2D eigenvalue weighted by Crippen LogP contribution is -1.92. The van der Waals surface area contributed by atoms with Gasteiger partial charge in [-0.05, 0) is 11.6 Å². The number of ether oxygens (including phenoxy) is 2. The summed E-state index contributed by atoms with van der Waals surface area (Å²) in [7, 11) is 0. The van der Waals surface area contributed by atoms with E-state index >= 15 is 0 Å². The SMILES string of the molecule is Nc1nc(SCc2cc3c(cc2Cl)OCO3)n[nH]1. The Morgan fingerprint density at radius 2 is 2.17 bits per heavy atom. The summed E-state index contributed by atoms with van der Waals surface area (Å²) < 4.78 is 10.5. The summed E-state index contributed by atoms with van der Waals surface area (Å²) >= 11 is 7.60. The summed E-state index contributed by atoms with van der Waals surface area (Å²) in [5.41, 5.74) is 6.39. The van der Waals surface area contributed by atoms with Gasteiger partial charge >= 0.3 is 0 Å². The molecule has 1 aromatic heterocycles. The highest BCUT2D eigenvalue weighted by atomic mass is 35.5. The number of halogens is 1. The van der Waals surface area contributed by atoms with Crippen molar-refractivity contribution in [2.45, 2.75) is 10.9 Å². The van der Waals surface area contributed by atoms with Gasteiger partial charge in [-0.2, -0.15) is 4.98 Å². The summed E-state index contributed by atoms with van der Waals surface area (Å²) in [5, 5.41) is 7.73. The molecule has 94 valence electrons. The number of nitrogens with two attached hydrogens (primary N) is 1. The van der Waals surface area contributed by atoms with Gasteiger partial charge in [0.2, 0.25) is 17.9 Å². The standard InChI is InChI=1S/C10H9ClN4O2S/c11-6-2-8-7(16-4-17-8)1-5(6)3-18-10-13-9(12)14-15-10/h1-2H,3-4H2,(H3,12,13,14,15). The van der Waals surface area contributed by atoms with E-state index in [0.29, 0.717) is 33.4 Å². The van der Waals surface area contributed by atoms with Crippen LogP contribution in [0.15, 0.2) is 17.3 Å². The molecule has 3 rings (SSSR count). The van der Waals surface area contributed by atoms with Crippen LogP contribution >= 0.6 is 23.4 Å². The maximum Gasteiger partial charge on any atom is 0.231 e. The van der Waals surface area contributed by atoms with Crippen molar-refractivity contribution in [3.05, 3.63) is 22.7 Å². The topological polar surface area (TPSA) is 86.1 Å². The minimum absolute atomic E-state index is 0.236. The smallest absolute Gasteiger partial charge is 0.231 e. The molecule has 0 bridgehead atoms. The van der Waals surface area contributed by atoms with Crippen LogP contribution in [-0.2, 0) is 5.75 Å². The highest BCUT2D eigenvalue weighted by molar-refractivity contribution is 7.98. The Hall–Kier alpha value is -1.60. The van der Waals surface area contributed by atoms with Gasteiger partial charge in [0.1, 0.15) is 0 Å². The van der Waals surface area contributed by atoms with Gasteiger partial charge in [0.15, 0.2) is 11.5 Å². The van der Waals surface area contributed by atoms with Gasteiger partial charge in [-0.15, -0.1) is 5.10 Å². The number of H-pyrrole nitrogens is 1. The zero-order chi connectivity index (χ0) is 12.5. The second kappa shape index (κ2) is 4.58. The average Bonchev–Trinajstić information content (AvgIpc) is 2.94. The highest BCUT2D eigenvalue weighted by Crippen LogP contribution is 2.38. The predicted octanol–water partition coefficient (Wildman–Crippen LogP) is 2.06. The molecule has 0 fully saturated rings. The van der Waals surface area contributed by atoms with Crippen LogP contribution in [0.5, 0.6) is 11.5 Å². The van der Waals surface area contributed by atoms with Crippen LogP contribution in [-0.4, -0.2) is 22.0 Å². The van der Waals surface area contributed by atoms with Crippen LogP contribution in [0.25, 0.3) is 0 Å². The van der Waals surface area contributed by atoms with E-state index in [1.807, 2.05) is 6.07 Å². The zero-order valence-electron chi connectivity index (χ0n) is 9.14. The molecule has 0 radical (unpaired) electrons. The number of hydrogen-bond acceptors (Lipinski definition) is 6. The lowest BCUT2D eigenvalue weighted by molar-refractivity contribution is 0.174. The Labute approximate surface area is 112 Å². The van der Waals surface area contributed by atoms with Crippen LogP contribution < -0.4 is 15.2 Å². The third-order valence-corrected chi connectivity index (χ3v) is 3.63. The van der Waals surface area contributed by atoms with Gasteiger partial charge in [-0.3, -0.25) is 0 Å². The van der Waals surface area contributed by atoms with Gasteiger partial charge in [0.25, 0.3) is 0 Å². The number of aromatic nitrogens is 3. The lowest BCUT2D eigenvalue weighted by Gasteiger charge is -2.04. The first kappa shape index (κ1) is 11.5. The number of benzene rings is 1. The van der Waals surface area contributed by atoms with E-state index < -0.39 is 0 Å². The Morgan fingerprint density at radius 1 is 1.39 bits per heavy atom. The molecule has 6 nitrogen and oxygen atoms in total. The normalized spacial score (nSPS) is 12.9. The molecule has 0 amide bonds. The molecule has 1 aliphatic rings. The quantitative estimate of drug-likeness (QED) is 0.839. The third kappa shape index (κ3) is 2.19. The van der Waals surface area contributed by atoms with E-state index in [1.165, 1.54) is 11.8 Å². The molecule has 3 N–H and O–H groups in total. The van der Waals surface area contributed by atoms with Crippen molar-refractivity contribution in [1.29, 1.82) is 0 Å². The summed E-state index contributed by atoms with van der Waals surface area (Å²) in [6, 6.07) is 3.62. The van der Waals surface area contributed by atoms with Crippen LogP contribution in [0.1, 0.15) is 5.56 Å². The first-order valence-corrected chi connectivity index (χ1v) is 6.47. The Kier molecular flexibility index (Phi) is 2.92. The number of hydrogen-bond donors (Lipinski definition) is 2. The second-order valence-electron chi connectivity index (χ2n) is 3.59. The molecule has 1 aromatic carbocycles. The monoisotopic (exact) mass is 284 g/mol. The number of aromatic amines is 1. The van der Waals surface area contributed by atoms with Crippen molar-refractivity contribution in [1.82, 2.24) is 15.2 Å². The number of rotatable bonds is 3. The third-order valence-electron chi connectivity index (χ3n) is 2.38. The number of fused-ring (bicyclic) bond motifs is 1. The van der Waals surface area contributed by atoms with Crippen molar-refractivity contribution in [3.63, 3.8) is 0 Å². The summed E-state index contributed by atoms with van der Waals surface area (Å²) in [4.78, 5) is 4.00. The summed E-state index contributed by atoms with van der Waals surface area (Å²) in [6.07, 6.45) is 0. The van der Waals surface area contributed by atoms with Gasteiger partial charge < -0.3 is 15.2 Å². The van der Waals surface area contributed by atoms with E-state index in [-0.39, 0.29) is 6.79 Å². The van der Waals surface area contributed by atoms with Crippen molar-refractivity contribution in [2.24, 2.45) is 0 Å². The average molecular weight is 285 g/mol. The molecule has 0 atom stereocenters. The molecule has 2 heterocycles. The number of nitrogens with one attached hydrogen (secondary N) is 1. The molecule has 0 saturated heterocycles. The highest BCUT2D eigenvalue weighted by Gasteiger charge is 2.16. The molecule has 0 spiro atoms. The van der Waals surface area contributed by atoms with Crippen LogP contribution in [0.2, 0.25) is 5.02 Å². The Bertz CT molecular complexity index is 589. The fourth-order valence-corrected chi connectivity index (χ4v) is 2.63. The van der Waals surface area contributed by atoms with E-state index in [1.54, 1.807) is 6.07 Å².